The number of hydrogen-bond donors (Lipinski definition) is 0. The second kappa shape index (κ2) is 8.88. The third kappa shape index (κ3) is 4.02. The molecule has 0 fully saturated rings. The first kappa shape index (κ1) is 21.4. The molecule has 6 rings (SSSR count). The molecule has 0 N–H and O–H groups in total. The molecule has 3 heterocycles. The summed E-state index contributed by atoms with van der Waals surface area (Å²) in [5.74, 6) is 1.66. The number of rotatable bonds is 6. The number of aryl methyl sites for hydroxylation is 1. The Labute approximate surface area is 205 Å². The summed E-state index contributed by atoms with van der Waals surface area (Å²) in [6.45, 7) is 2.47. The van der Waals surface area contributed by atoms with Crippen molar-refractivity contribution in [1.82, 2.24) is 24.1 Å². The molecule has 7 nitrogen and oxygen atoms in total. The average Bonchev–Trinajstić information content (AvgIpc) is 3.54. The van der Waals surface area contributed by atoms with Crippen LogP contribution in [0.4, 0.5) is 0 Å². The van der Waals surface area contributed by atoms with Crippen LogP contribution in [0.15, 0.2) is 99.5 Å². The van der Waals surface area contributed by atoms with E-state index in [0.717, 1.165) is 22.3 Å². The van der Waals surface area contributed by atoms with Gasteiger partial charge in [0.1, 0.15) is 6.26 Å². The van der Waals surface area contributed by atoms with Gasteiger partial charge in [-0.25, -0.2) is 4.98 Å². The molecule has 0 radical (unpaired) electrons. The standard InChI is InChI=1S/C27H21N5O2S/c1-18-11-13-20(14-12-18)24-28-21(16-34-24)17-35-27-30-29-26-31(15-19-7-3-2-4-8-19)25(33)22-9-5-6-10-23(22)32(26)27/h2-14,16H,15,17H2,1H3. The quantitative estimate of drug-likeness (QED) is 0.300. The molecule has 0 aliphatic heterocycles. The van der Waals surface area contributed by atoms with Gasteiger partial charge < -0.3 is 4.42 Å². The van der Waals surface area contributed by atoms with Crippen LogP contribution in [0.25, 0.3) is 28.1 Å². The van der Waals surface area contributed by atoms with Gasteiger partial charge in [-0.2, -0.15) is 0 Å². The van der Waals surface area contributed by atoms with Crippen molar-refractivity contribution in [2.45, 2.75) is 24.4 Å². The second-order valence-corrected chi connectivity index (χ2v) is 9.25. The SMILES string of the molecule is Cc1ccc(-c2nc(CSc3nnc4n(Cc5ccccc5)c(=O)c5ccccc5n34)co2)cc1. The molecule has 0 atom stereocenters. The summed E-state index contributed by atoms with van der Waals surface area (Å²) in [5, 5.41) is 10.2. The van der Waals surface area contributed by atoms with Gasteiger partial charge in [-0.05, 0) is 36.8 Å². The summed E-state index contributed by atoms with van der Waals surface area (Å²) in [6.07, 6.45) is 1.68. The van der Waals surface area contributed by atoms with Crippen LogP contribution in [0.3, 0.4) is 0 Å². The second-order valence-electron chi connectivity index (χ2n) is 8.31. The maximum Gasteiger partial charge on any atom is 0.263 e. The summed E-state index contributed by atoms with van der Waals surface area (Å²) < 4.78 is 9.34. The maximum atomic E-state index is 13.3. The van der Waals surface area contributed by atoms with Crippen molar-refractivity contribution in [3.8, 4) is 11.5 Å². The van der Waals surface area contributed by atoms with Gasteiger partial charge in [0.25, 0.3) is 5.56 Å². The van der Waals surface area contributed by atoms with Gasteiger partial charge in [0.05, 0.1) is 23.1 Å². The van der Waals surface area contributed by atoms with Gasteiger partial charge in [-0.3, -0.25) is 13.8 Å². The molecule has 0 aliphatic rings. The molecular formula is C27H21N5O2S. The zero-order chi connectivity index (χ0) is 23.8. The Morgan fingerprint density at radius 3 is 2.51 bits per heavy atom. The molecular weight excluding hydrogens is 458 g/mol. The van der Waals surface area contributed by atoms with Crippen LogP contribution in [-0.4, -0.2) is 24.1 Å². The third-order valence-electron chi connectivity index (χ3n) is 5.86. The number of aromatic nitrogens is 5. The average molecular weight is 480 g/mol. The molecule has 3 aromatic heterocycles. The van der Waals surface area contributed by atoms with E-state index in [9.17, 15) is 4.79 Å². The number of thioether (sulfide) groups is 1. The highest BCUT2D eigenvalue weighted by atomic mass is 32.2. The summed E-state index contributed by atoms with van der Waals surface area (Å²) in [6, 6.07) is 25.5. The van der Waals surface area contributed by atoms with Crippen LogP contribution >= 0.6 is 11.8 Å². The molecule has 0 amide bonds. The normalized spacial score (nSPS) is 11.5. The van der Waals surface area contributed by atoms with Crippen molar-refractivity contribution in [2.24, 2.45) is 0 Å². The van der Waals surface area contributed by atoms with E-state index in [1.165, 1.54) is 17.3 Å². The van der Waals surface area contributed by atoms with E-state index in [-0.39, 0.29) is 5.56 Å². The molecule has 6 aromatic rings. The smallest absolute Gasteiger partial charge is 0.263 e. The van der Waals surface area contributed by atoms with E-state index in [1.807, 2.05) is 90.2 Å². The van der Waals surface area contributed by atoms with Crippen molar-refractivity contribution in [3.63, 3.8) is 0 Å². The summed E-state index contributed by atoms with van der Waals surface area (Å²) in [7, 11) is 0. The van der Waals surface area contributed by atoms with E-state index in [4.69, 9.17) is 4.42 Å². The van der Waals surface area contributed by atoms with Gasteiger partial charge >= 0.3 is 0 Å². The predicted molar refractivity (Wildman–Crippen MR) is 137 cm³/mol. The van der Waals surface area contributed by atoms with Gasteiger partial charge in [0.15, 0.2) is 5.16 Å². The Balaban J connectivity index is 1.36. The molecule has 3 aromatic carbocycles. The van der Waals surface area contributed by atoms with Crippen molar-refractivity contribution in [2.75, 3.05) is 0 Å². The van der Waals surface area contributed by atoms with Crippen molar-refractivity contribution >= 4 is 28.4 Å². The molecule has 0 saturated heterocycles. The fourth-order valence-corrected chi connectivity index (χ4v) is 4.89. The lowest BCUT2D eigenvalue weighted by Gasteiger charge is -2.11. The highest BCUT2D eigenvalue weighted by molar-refractivity contribution is 7.98. The van der Waals surface area contributed by atoms with Crippen LogP contribution in [0.1, 0.15) is 16.8 Å². The maximum absolute atomic E-state index is 13.3. The van der Waals surface area contributed by atoms with E-state index < -0.39 is 0 Å². The fourth-order valence-electron chi connectivity index (χ4n) is 4.08. The largest absolute Gasteiger partial charge is 0.444 e. The first-order valence-corrected chi connectivity index (χ1v) is 12.2. The van der Waals surface area contributed by atoms with Crippen LogP contribution in [0.2, 0.25) is 0 Å². The minimum atomic E-state index is -0.0832. The molecule has 0 unspecified atom stereocenters. The van der Waals surface area contributed by atoms with Crippen LogP contribution in [0.5, 0.6) is 0 Å². The zero-order valence-electron chi connectivity index (χ0n) is 19.0. The van der Waals surface area contributed by atoms with E-state index in [1.54, 1.807) is 10.8 Å². The Bertz CT molecular complexity index is 1700. The lowest BCUT2D eigenvalue weighted by atomic mass is 10.1. The monoisotopic (exact) mass is 479 g/mol. The lowest BCUT2D eigenvalue weighted by molar-refractivity contribution is 0.573. The van der Waals surface area contributed by atoms with Crippen LogP contribution < -0.4 is 5.56 Å². The molecule has 0 saturated carbocycles. The molecule has 8 heteroatoms. The predicted octanol–water partition coefficient (Wildman–Crippen LogP) is 5.35. The molecule has 0 spiro atoms. The highest BCUT2D eigenvalue weighted by Crippen LogP contribution is 2.26. The van der Waals surface area contributed by atoms with Crippen molar-refractivity contribution in [1.29, 1.82) is 0 Å². The number of benzene rings is 3. The molecule has 35 heavy (non-hydrogen) atoms. The van der Waals surface area contributed by atoms with Crippen molar-refractivity contribution < 1.29 is 4.42 Å². The van der Waals surface area contributed by atoms with Crippen LogP contribution in [-0.2, 0) is 12.3 Å². The minimum Gasteiger partial charge on any atom is -0.444 e. The summed E-state index contributed by atoms with van der Waals surface area (Å²) >= 11 is 1.51. The highest BCUT2D eigenvalue weighted by Gasteiger charge is 2.18. The number of hydrogen-bond acceptors (Lipinski definition) is 6. The topological polar surface area (TPSA) is 78.2 Å². The first-order chi connectivity index (χ1) is 17.2. The number of para-hydroxylation sites is 1. The summed E-state index contributed by atoms with van der Waals surface area (Å²) in [5.41, 5.74) is 4.66. The molecule has 0 aliphatic carbocycles. The van der Waals surface area contributed by atoms with Crippen LogP contribution in [0, 0.1) is 6.92 Å². The van der Waals surface area contributed by atoms with E-state index in [2.05, 4.69) is 15.2 Å². The van der Waals surface area contributed by atoms with Gasteiger partial charge in [0, 0.05) is 11.3 Å². The van der Waals surface area contributed by atoms with E-state index >= 15 is 0 Å². The molecule has 172 valence electrons. The summed E-state index contributed by atoms with van der Waals surface area (Å²) in [4.78, 5) is 18.0. The fraction of sp³-hybridized carbons (Fsp3) is 0.111. The first-order valence-electron chi connectivity index (χ1n) is 11.2. The Kier molecular flexibility index (Phi) is 5.42. The Morgan fingerprint density at radius 1 is 0.914 bits per heavy atom. The van der Waals surface area contributed by atoms with E-state index in [0.29, 0.717) is 34.5 Å². The number of nitrogens with zero attached hydrogens (tertiary/aromatic N) is 5. The van der Waals surface area contributed by atoms with Gasteiger partial charge in [0.2, 0.25) is 11.7 Å². The lowest BCUT2D eigenvalue weighted by Crippen LogP contribution is -2.24. The van der Waals surface area contributed by atoms with Crippen molar-refractivity contribution in [3.05, 3.63) is 112 Å². The minimum absolute atomic E-state index is 0.0832. The Morgan fingerprint density at radius 2 is 1.69 bits per heavy atom. The van der Waals surface area contributed by atoms with Gasteiger partial charge in [-0.1, -0.05) is 71.9 Å². The van der Waals surface area contributed by atoms with Gasteiger partial charge in [-0.15, -0.1) is 10.2 Å². The number of oxazole rings is 1. The zero-order valence-corrected chi connectivity index (χ0v) is 19.8. The molecule has 0 bridgehead atoms. The Hall–Kier alpha value is -4.17. The third-order valence-corrected chi connectivity index (χ3v) is 6.82. The number of fused-ring (bicyclic) bond motifs is 3.